The molecule has 0 spiro atoms. The van der Waals surface area contributed by atoms with Gasteiger partial charge in [0, 0.05) is 5.39 Å². The third-order valence-corrected chi connectivity index (χ3v) is 5.19. The van der Waals surface area contributed by atoms with E-state index < -0.39 is 0 Å². The fraction of sp³-hybridized carbons (Fsp3) is 0.423. The maximum Gasteiger partial charge on any atom is 0.130 e. The largest absolute Gasteiger partial charge is 0.487 e. The molecule has 0 aliphatic rings. The van der Waals surface area contributed by atoms with Crippen LogP contribution in [0.5, 0.6) is 5.75 Å². The molecule has 1 unspecified atom stereocenters. The van der Waals surface area contributed by atoms with Gasteiger partial charge in [-0.3, -0.25) is 0 Å². The van der Waals surface area contributed by atoms with Crippen LogP contribution < -0.4 is 4.74 Å². The van der Waals surface area contributed by atoms with Gasteiger partial charge in [-0.25, -0.2) is 4.98 Å². The summed E-state index contributed by atoms with van der Waals surface area (Å²) in [6, 6.07) is 20.9. The minimum Gasteiger partial charge on any atom is -0.487 e. The normalized spacial score (nSPS) is 13.5. The minimum absolute atomic E-state index is 0.227. The summed E-state index contributed by atoms with van der Waals surface area (Å²) in [6.07, 6.45) is 1.16. The molecule has 0 radical (unpaired) electrons. The Hall–Kier alpha value is -2.35. The van der Waals surface area contributed by atoms with E-state index in [1.165, 1.54) is 5.56 Å². The van der Waals surface area contributed by atoms with Crippen molar-refractivity contribution in [2.45, 2.75) is 60.5 Å². The van der Waals surface area contributed by atoms with Crippen LogP contribution in [0.15, 0.2) is 60.7 Å². The van der Waals surface area contributed by atoms with Crippen LogP contribution in [0.1, 0.15) is 65.1 Å². The Morgan fingerprint density at radius 3 is 2.14 bits per heavy atom. The van der Waals surface area contributed by atoms with Gasteiger partial charge in [0.2, 0.25) is 0 Å². The van der Waals surface area contributed by atoms with Gasteiger partial charge in [-0.2, -0.15) is 0 Å². The quantitative estimate of drug-likeness (QED) is 0.464. The number of fused-ring (bicyclic) bond motifs is 1. The van der Waals surface area contributed by atoms with Gasteiger partial charge in [-0.15, -0.1) is 0 Å². The highest BCUT2D eigenvalue weighted by Gasteiger charge is 2.30. The van der Waals surface area contributed by atoms with Crippen LogP contribution in [0.3, 0.4) is 0 Å². The lowest BCUT2D eigenvalue weighted by Crippen LogP contribution is -2.23. The summed E-state index contributed by atoms with van der Waals surface area (Å²) in [5.74, 6) is 1.41. The molecule has 0 N–H and O–H groups in total. The summed E-state index contributed by atoms with van der Waals surface area (Å²) in [4.78, 5) is 4.68. The van der Waals surface area contributed by atoms with Crippen molar-refractivity contribution in [3.05, 3.63) is 71.9 Å². The molecule has 0 fully saturated rings. The van der Waals surface area contributed by atoms with Gasteiger partial charge < -0.3 is 4.74 Å². The van der Waals surface area contributed by atoms with E-state index in [2.05, 4.69) is 82.9 Å². The van der Waals surface area contributed by atoms with Crippen molar-refractivity contribution in [1.29, 1.82) is 0 Å². The highest BCUT2D eigenvalue weighted by Crippen LogP contribution is 2.43. The van der Waals surface area contributed by atoms with Crippen molar-refractivity contribution in [1.82, 2.24) is 4.98 Å². The van der Waals surface area contributed by atoms with E-state index >= 15 is 0 Å². The van der Waals surface area contributed by atoms with Crippen LogP contribution in [0.25, 0.3) is 10.9 Å². The van der Waals surface area contributed by atoms with E-state index in [9.17, 15) is 0 Å². The second-order valence-electron chi connectivity index (χ2n) is 10.0. The molecule has 3 rings (SSSR count). The fourth-order valence-electron chi connectivity index (χ4n) is 3.68. The van der Waals surface area contributed by atoms with Crippen molar-refractivity contribution in [3.8, 4) is 5.75 Å². The van der Waals surface area contributed by atoms with E-state index in [4.69, 9.17) is 4.74 Å². The van der Waals surface area contributed by atoms with Crippen LogP contribution in [0, 0.1) is 10.8 Å². The second-order valence-corrected chi connectivity index (χ2v) is 10.0. The highest BCUT2D eigenvalue weighted by molar-refractivity contribution is 5.78. The molecule has 1 heterocycles. The molecule has 148 valence electrons. The smallest absolute Gasteiger partial charge is 0.130 e. The number of hydrogen-bond acceptors (Lipinski definition) is 2. The number of nitrogens with zero attached hydrogens (tertiary/aromatic N) is 1. The maximum absolute atomic E-state index is 6.00. The molecule has 2 nitrogen and oxygen atoms in total. The van der Waals surface area contributed by atoms with Crippen molar-refractivity contribution in [3.63, 3.8) is 0 Å². The van der Waals surface area contributed by atoms with Crippen molar-refractivity contribution in [2.24, 2.45) is 10.8 Å². The summed E-state index contributed by atoms with van der Waals surface area (Å²) < 4.78 is 6.00. The third kappa shape index (κ3) is 5.34. The molecule has 1 aromatic heterocycles. The predicted octanol–water partition coefficient (Wildman–Crippen LogP) is 7.38. The number of pyridine rings is 1. The second kappa shape index (κ2) is 7.95. The molecular weight excluding hydrogens is 342 g/mol. The van der Waals surface area contributed by atoms with E-state index in [0.29, 0.717) is 17.9 Å². The SMILES string of the molecule is CC(C)(C)CC(c1ccc(OCc2ccc3ccccc3n2)cc1)C(C)(C)C. The lowest BCUT2D eigenvalue weighted by molar-refractivity contribution is 0.229. The van der Waals surface area contributed by atoms with Crippen LogP contribution in [-0.4, -0.2) is 4.98 Å². The van der Waals surface area contributed by atoms with Crippen LogP contribution in [0.4, 0.5) is 0 Å². The number of benzene rings is 2. The molecule has 0 saturated heterocycles. The molecule has 2 aromatic carbocycles. The molecule has 28 heavy (non-hydrogen) atoms. The number of para-hydroxylation sites is 1. The topological polar surface area (TPSA) is 22.1 Å². The number of rotatable bonds is 5. The predicted molar refractivity (Wildman–Crippen MR) is 119 cm³/mol. The molecule has 0 bridgehead atoms. The van der Waals surface area contributed by atoms with Gasteiger partial charge in [-0.05, 0) is 53.0 Å². The van der Waals surface area contributed by atoms with Crippen molar-refractivity contribution in [2.75, 3.05) is 0 Å². The van der Waals surface area contributed by atoms with Crippen molar-refractivity contribution >= 4 is 10.9 Å². The Morgan fingerprint density at radius 1 is 0.821 bits per heavy atom. The Bertz CT molecular complexity index is 914. The molecular formula is C26H33NO. The summed E-state index contributed by atoms with van der Waals surface area (Å²) in [5, 5.41) is 1.16. The maximum atomic E-state index is 6.00. The Kier molecular flexibility index (Phi) is 5.79. The van der Waals surface area contributed by atoms with E-state index in [1.807, 2.05) is 24.3 Å². The minimum atomic E-state index is 0.227. The van der Waals surface area contributed by atoms with Crippen LogP contribution >= 0.6 is 0 Å². The molecule has 0 aliphatic carbocycles. The summed E-state index contributed by atoms with van der Waals surface area (Å²) in [6.45, 7) is 14.4. The lowest BCUT2D eigenvalue weighted by atomic mass is 9.69. The average Bonchev–Trinajstić information content (AvgIpc) is 2.63. The van der Waals surface area contributed by atoms with Gasteiger partial charge in [0.1, 0.15) is 12.4 Å². The Morgan fingerprint density at radius 2 is 1.50 bits per heavy atom. The first-order valence-corrected chi connectivity index (χ1v) is 10.2. The number of hydrogen-bond donors (Lipinski definition) is 0. The molecule has 0 saturated carbocycles. The molecule has 2 heteroatoms. The van der Waals surface area contributed by atoms with Gasteiger partial charge in [-0.1, -0.05) is 77.9 Å². The first-order chi connectivity index (χ1) is 13.1. The van der Waals surface area contributed by atoms with Gasteiger partial charge in [0.25, 0.3) is 0 Å². The zero-order chi connectivity index (χ0) is 20.4. The van der Waals surface area contributed by atoms with E-state index in [0.717, 1.165) is 28.8 Å². The monoisotopic (exact) mass is 375 g/mol. The Labute approximate surface area is 170 Å². The average molecular weight is 376 g/mol. The standard InChI is InChI=1S/C26H33NO/c1-25(2,3)17-23(26(4,5)6)19-12-15-22(16-13-19)28-18-21-14-11-20-9-7-8-10-24(20)27-21/h7-16,23H,17-18H2,1-6H3. The molecule has 3 aromatic rings. The fourth-order valence-corrected chi connectivity index (χ4v) is 3.68. The first kappa shape index (κ1) is 20.4. The molecule has 0 aliphatic heterocycles. The molecule has 0 amide bonds. The van der Waals surface area contributed by atoms with Crippen molar-refractivity contribution < 1.29 is 4.74 Å². The summed E-state index contributed by atoms with van der Waals surface area (Å²) in [7, 11) is 0. The Balaban J connectivity index is 1.70. The lowest BCUT2D eigenvalue weighted by Gasteiger charge is -2.36. The van der Waals surface area contributed by atoms with E-state index in [1.54, 1.807) is 0 Å². The zero-order valence-corrected chi connectivity index (χ0v) is 18.1. The third-order valence-electron chi connectivity index (χ3n) is 5.19. The first-order valence-electron chi connectivity index (χ1n) is 10.2. The van der Waals surface area contributed by atoms with Crippen LogP contribution in [0.2, 0.25) is 0 Å². The molecule has 1 atom stereocenters. The van der Waals surface area contributed by atoms with Gasteiger partial charge in [0.05, 0.1) is 11.2 Å². The highest BCUT2D eigenvalue weighted by atomic mass is 16.5. The summed E-state index contributed by atoms with van der Waals surface area (Å²) in [5.41, 5.74) is 3.87. The number of ether oxygens (including phenoxy) is 1. The van der Waals surface area contributed by atoms with Gasteiger partial charge >= 0.3 is 0 Å². The van der Waals surface area contributed by atoms with Gasteiger partial charge in [0.15, 0.2) is 0 Å². The zero-order valence-electron chi connectivity index (χ0n) is 18.1. The number of aromatic nitrogens is 1. The van der Waals surface area contributed by atoms with Crippen LogP contribution in [-0.2, 0) is 6.61 Å². The van der Waals surface area contributed by atoms with E-state index in [-0.39, 0.29) is 5.41 Å². The summed E-state index contributed by atoms with van der Waals surface area (Å²) >= 11 is 0.